The van der Waals surface area contributed by atoms with E-state index in [1.54, 1.807) is 31.4 Å². The third-order valence-electron chi connectivity index (χ3n) is 3.77. The van der Waals surface area contributed by atoms with E-state index in [0.717, 1.165) is 15.0 Å². The van der Waals surface area contributed by atoms with Crippen LogP contribution in [0.15, 0.2) is 29.1 Å². The lowest BCUT2D eigenvalue weighted by atomic mass is 10.2. The van der Waals surface area contributed by atoms with Gasteiger partial charge < -0.3 is 9.72 Å². The fourth-order valence-electron chi connectivity index (χ4n) is 2.38. The van der Waals surface area contributed by atoms with E-state index < -0.39 is 5.91 Å². The predicted octanol–water partition coefficient (Wildman–Crippen LogP) is 3.43. The zero-order chi connectivity index (χ0) is 16.7. The quantitative estimate of drug-likeness (QED) is 0.722. The fraction of sp³-hybridized carbons (Fsp3) is 0.188. The molecule has 1 aromatic carbocycles. The Hall–Kier alpha value is -2.25. The summed E-state index contributed by atoms with van der Waals surface area (Å²) in [5.74, 6) is 0.183. The Morgan fingerprint density at radius 2 is 1.91 bits per heavy atom. The number of fused-ring (bicyclic) bond motifs is 1. The third kappa shape index (κ3) is 2.51. The molecule has 118 valence electrons. The Morgan fingerprint density at radius 1 is 1.26 bits per heavy atom. The molecule has 0 atom stereocenters. The molecule has 23 heavy (non-hydrogen) atoms. The second-order valence-corrected chi connectivity index (χ2v) is 6.70. The van der Waals surface area contributed by atoms with Crippen molar-refractivity contribution < 1.29 is 9.53 Å². The number of H-pyrrole nitrogens is 1. The van der Waals surface area contributed by atoms with Crippen LogP contribution in [0, 0.1) is 18.6 Å². The van der Waals surface area contributed by atoms with Crippen molar-refractivity contribution in [1.82, 2.24) is 9.55 Å². The number of hydrogen-bond donors (Lipinski definition) is 1. The molecule has 3 rings (SSSR count). The average Bonchev–Trinajstić information content (AvgIpc) is 2.81. The topological polar surface area (TPSA) is 64.1 Å². The minimum atomic E-state index is -0.455. The standard InChI is InChI=1S/C16H14N2O3S2/c1-8-9(2)23-13-12(8)15(20)18(16(22)17-13)14(19)10-4-6-11(21-3)7-5-10/h4-7H,1-3H3,(H,17,22). The van der Waals surface area contributed by atoms with Crippen LogP contribution in [0.4, 0.5) is 0 Å². The van der Waals surface area contributed by atoms with Gasteiger partial charge in [0.15, 0.2) is 4.77 Å². The highest BCUT2D eigenvalue weighted by Crippen LogP contribution is 2.25. The minimum absolute atomic E-state index is 0.101. The first-order chi connectivity index (χ1) is 10.9. The van der Waals surface area contributed by atoms with Crippen LogP contribution in [-0.2, 0) is 0 Å². The largest absolute Gasteiger partial charge is 0.497 e. The third-order valence-corrected chi connectivity index (χ3v) is 5.17. The van der Waals surface area contributed by atoms with Gasteiger partial charge in [0.25, 0.3) is 11.5 Å². The van der Waals surface area contributed by atoms with Gasteiger partial charge in [0.1, 0.15) is 10.6 Å². The summed E-state index contributed by atoms with van der Waals surface area (Å²) in [6.45, 7) is 3.81. The average molecular weight is 346 g/mol. The van der Waals surface area contributed by atoms with Crippen LogP contribution >= 0.6 is 23.6 Å². The molecule has 0 radical (unpaired) electrons. The van der Waals surface area contributed by atoms with E-state index in [0.29, 0.717) is 21.5 Å². The van der Waals surface area contributed by atoms with Crippen LogP contribution in [-0.4, -0.2) is 22.6 Å². The van der Waals surface area contributed by atoms with Crippen molar-refractivity contribution in [2.45, 2.75) is 13.8 Å². The lowest BCUT2D eigenvalue weighted by Gasteiger charge is -2.06. The second kappa shape index (κ2) is 5.75. The molecule has 2 aromatic heterocycles. The van der Waals surface area contributed by atoms with E-state index >= 15 is 0 Å². The molecule has 0 aliphatic carbocycles. The van der Waals surface area contributed by atoms with Gasteiger partial charge in [-0.1, -0.05) is 0 Å². The maximum atomic E-state index is 12.8. The Balaban J connectivity index is 2.22. The lowest BCUT2D eigenvalue weighted by Crippen LogP contribution is -2.28. The van der Waals surface area contributed by atoms with Gasteiger partial charge in [0.2, 0.25) is 0 Å². The SMILES string of the molecule is COc1ccc(C(=O)n2c(=S)[nH]c3sc(C)c(C)c3c2=O)cc1. The molecule has 0 bridgehead atoms. The lowest BCUT2D eigenvalue weighted by molar-refractivity contribution is 0.0953. The van der Waals surface area contributed by atoms with Crippen molar-refractivity contribution in [2.24, 2.45) is 0 Å². The number of nitrogens with zero attached hydrogens (tertiary/aromatic N) is 1. The van der Waals surface area contributed by atoms with Crippen molar-refractivity contribution in [3.8, 4) is 5.75 Å². The first-order valence-corrected chi connectivity index (χ1v) is 8.10. The number of ether oxygens (including phenoxy) is 1. The Labute approximate surface area is 141 Å². The summed E-state index contributed by atoms with van der Waals surface area (Å²) in [5, 5.41) is 0.517. The highest BCUT2D eigenvalue weighted by molar-refractivity contribution is 7.71. The highest BCUT2D eigenvalue weighted by Gasteiger charge is 2.18. The van der Waals surface area contributed by atoms with E-state index in [1.807, 2.05) is 13.8 Å². The number of carbonyl (C=O) groups is 1. The van der Waals surface area contributed by atoms with Crippen molar-refractivity contribution in [3.63, 3.8) is 0 Å². The smallest absolute Gasteiger partial charge is 0.270 e. The van der Waals surface area contributed by atoms with Gasteiger partial charge in [-0.2, -0.15) is 0 Å². The molecule has 0 aliphatic rings. The van der Waals surface area contributed by atoms with Crippen molar-refractivity contribution in [3.05, 3.63) is 55.4 Å². The van der Waals surface area contributed by atoms with Crippen molar-refractivity contribution in [2.75, 3.05) is 7.11 Å². The highest BCUT2D eigenvalue weighted by atomic mass is 32.1. The molecule has 7 heteroatoms. The molecule has 0 amide bonds. The first-order valence-electron chi connectivity index (χ1n) is 6.88. The number of carbonyl (C=O) groups excluding carboxylic acids is 1. The van der Waals surface area contributed by atoms with Crippen molar-refractivity contribution >= 4 is 39.7 Å². The molecule has 0 aliphatic heterocycles. The summed E-state index contributed by atoms with van der Waals surface area (Å²) in [7, 11) is 1.55. The van der Waals surface area contributed by atoms with Crippen molar-refractivity contribution in [1.29, 1.82) is 0 Å². The molecular weight excluding hydrogens is 332 g/mol. The van der Waals surface area contributed by atoms with Gasteiger partial charge in [-0.15, -0.1) is 11.3 Å². The number of hydrogen-bond acceptors (Lipinski definition) is 5. The van der Waals surface area contributed by atoms with Gasteiger partial charge in [-0.25, -0.2) is 4.57 Å². The van der Waals surface area contributed by atoms with E-state index in [9.17, 15) is 9.59 Å². The van der Waals surface area contributed by atoms with Crippen LogP contribution in [0.1, 0.15) is 20.8 Å². The summed E-state index contributed by atoms with van der Waals surface area (Å²) in [4.78, 5) is 30.2. The van der Waals surface area contributed by atoms with E-state index in [1.165, 1.54) is 11.3 Å². The molecule has 0 fully saturated rings. The molecule has 5 nitrogen and oxygen atoms in total. The number of benzene rings is 1. The van der Waals surface area contributed by atoms with Gasteiger partial charge in [-0.05, 0) is 55.9 Å². The van der Waals surface area contributed by atoms with Crippen LogP contribution < -0.4 is 10.3 Å². The monoisotopic (exact) mass is 346 g/mol. The summed E-state index contributed by atoms with van der Waals surface area (Å²) in [6.07, 6.45) is 0. The van der Waals surface area contributed by atoms with Crippen LogP contribution in [0.5, 0.6) is 5.75 Å². The number of aryl methyl sites for hydroxylation is 2. The molecule has 1 N–H and O–H groups in total. The second-order valence-electron chi connectivity index (χ2n) is 5.09. The molecular formula is C16H14N2O3S2. The summed E-state index contributed by atoms with van der Waals surface area (Å²) < 4.78 is 6.19. The first kappa shape index (κ1) is 15.6. The minimum Gasteiger partial charge on any atom is -0.497 e. The van der Waals surface area contributed by atoms with Gasteiger partial charge in [-0.3, -0.25) is 9.59 Å². The normalized spacial score (nSPS) is 10.9. The Morgan fingerprint density at radius 3 is 2.52 bits per heavy atom. The Kier molecular flexibility index (Phi) is 3.91. The van der Waals surface area contributed by atoms with Gasteiger partial charge in [0, 0.05) is 10.4 Å². The molecule has 0 saturated heterocycles. The molecule has 0 saturated carbocycles. The zero-order valence-corrected chi connectivity index (χ0v) is 14.4. The van der Waals surface area contributed by atoms with E-state index in [-0.39, 0.29) is 10.3 Å². The number of nitrogens with one attached hydrogen (secondary N) is 1. The zero-order valence-electron chi connectivity index (χ0n) is 12.8. The maximum absolute atomic E-state index is 12.8. The number of aromatic nitrogens is 2. The number of thiophene rings is 1. The molecule has 0 spiro atoms. The molecule has 0 unspecified atom stereocenters. The number of rotatable bonds is 2. The Bertz CT molecular complexity index is 1030. The van der Waals surface area contributed by atoms with Crippen LogP contribution in [0.3, 0.4) is 0 Å². The van der Waals surface area contributed by atoms with Crippen LogP contribution in [0.2, 0.25) is 0 Å². The molecule has 2 heterocycles. The van der Waals surface area contributed by atoms with Gasteiger partial charge >= 0.3 is 0 Å². The maximum Gasteiger partial charge on any atom is 0.270 e. The molecule has 3 aromatic rings. The van der Waals surface area contributed by atoms with E-state index in [4.69, 9.17) is 17.0 Å². The van der Waals surface area contributed by atoms with Crippen LogP contribution in [0.25, 0.3) is 10.2 Å². The summed E-state index contributed by atoms with van der Waals surface area (Å²) >= 11 is 6.68. The summed E-state index contributed by atoms with van der Waals surface area (Å²) in [6, 6.07) is 6.56. The van der Waals surface area contributed by atoms with E-state index in [2.05, 4.69) is 4.98 Å². The number of methoxy groups -OCH3 is 1. The summed E-state index contributed by atoms with van der Waals surface area (Å²) in [5.41, 5.74) is 0.861. The number of aromatic amines is 1. The fourth-order valence-corrected chi connectivity index (χ4v) is 3.76. The van der Waals surface area contributed by atoms with Gasteiger partial charge in [0.05, 0.1) is 12.5 Å². The predicted molar refractivity (Wildman–Crippen MR) is 93.5 cm³/mol.